The van der Waals surface area contributed by atoms with Crippen LogP contribution in [0.2, 0.25) is 0 Å². The molecule has 9 nitrogen and oxygen atoms in total. The number of hydrogen-bond donors (Lipinski definition) is 2. The Kier molecular flexibility index (Phi) is 7.17. The largest absolute Gasteiger partial charge is 0.495 e. The second-order valence-corrected chi connectivity index (χ2v) is 9.47. The minimum absolute atomic E-state index is 0.0291. The van der Waals surface area contributed by atoms with Gasteiger partial charge in [-0.25, -0.2) is 8.42 Å². The lowest BCUT2D eigenvalue weighted by atomic mass is 10.1. The summed E-state index contributed by atoms with van der Waals surface area (Å²) in [5, 5.41) is 12.6. The van der Waals surface area contributed by atoms with Crippen LogP contribution in [0.15, 0.2) is 47.4 Å². The monoisotopic (exact) mass is 462 g/mol. The van der Waals surface area contributed by atoms with Gasteiger partial charge in [-0.1, -0.05) is 18.2 Å². The molecule has 10 heteroatoms. The number of benzene rings is 2. The highest BCUT2D eigenvalue weighted by Crippen LogP contribution is 2.28. The Morgan fingerprint density at radius 1 is 1.16 bits per heavy atom. The van der Waals surface area contributed by atoms with Crippen LogP contribution in [0.1, 0.15) is 17.5 Å². The van der Waals surface area contributed by atoms with E-state index in [1.54, 1.807) is 37.3 Å². The Bertz CT molecular complexity index is 1120. The normalized spacial score (nSPS) is 18.9. The molecule has 1 heterocycles. The van der Waals surface area contributed by atoms with Gasteiger partial charge in [-0.3, -0.25) is 9.59 Å². The van der Waals surface area contributed by atoms with E-state index >= 15 is 0 Å². The molecule has 0 aromatic heterocycles. The van der Waals surface area contributed by atoms with E-state index in [1.807, 2.05) is 6.92 Å². The zero-order valence-corrected chi connectivity index (χ0v) is 18.9. The number of esters is 1. The lowest BCUT2D eigenvalue weighted by molar-refractivity contribution is -0.150. The van der Waals surface area contributed by atoms with Crippen LogP contribution in [0.5, 0.6) is 5.75 Å². The van der Waals surface area contributed by atoms with E-state index in [4.69, 9.17) is 9.47 Å². The smallest absolute Gasteiger partial charge is 0.325 e. The van der Waals surface area contributed by atoms with Gasteiger partial charge >= 0.3 is 5.97 Å². The predicted octanol–water partition coefficient (Wildman–Crippen LogP) is 1.62. The van der Waals surface area contributed by atoms with Gasteiger partial charge in [0.1, 0.15) is 11.8 Å². The molecule has 1 fully saturated rings. The highest BCUT2D eigenvalue weighted by atomic mass is 32.2. The summed E-state index contributed by atoms with van der Waals surface area (Å²) in [5.74, 6) is -1.06. The summed E-state index contributed by atoms with van der Waals surface area (Å²) in [4.78, 5) is 24.9. The lowest BCUT2D eigenvalue weighted by Crippen LogP contribution is -2.42. The molecule has 2 atom stereocenters. The van der Waals surface area contributed by atoms with Crippen molar-refractivity contribution in [3.63, 3.8) is 0 Å². The summed E-state index contributed by atoms with van der Waals surface area (Å²) >= 11 is 0. The first-order chi connectivity index (χ1) is 15.1. The number of aryl methyl sites for hydroxylation is 2. The number of carbonyl (C=O) groups is 2. The van der Waals surface area contributed by atoms with Crippen molar-refractivity contribution in [3.05, 3.63) is 53.6 Å². The van der Waals surface area contributed by atoms with Crippen LogP contribution < -0.4 is 10.1 Å². The highest BCUT2D eigenvalue weighted by Gasteiger charge is 2.44. The number of hydrogen-bond acceptors (Lipinski definition) is 7. The second kappa shape index (κ2) is 9.68. The van der Waals surface area contributed by atoms with Crippen molar-refractivity contribution < 1.29 is 32.6 Å². The summed E-state index contributed by atoms with van der Waals surface area (Å²) in [6, 6.07) is 10.2. The Hall–Kier alpha value is -2.95. The molecule has 0 aliphatic carbocycles. The molecule has 1 saturated heterocycles. The molecule has 0 bridgehead atoms. The molecular formula is C22H26N2O7S. The van der Waals surface area contributed by atoms with E-state index in [1.165, 1.54) is 19.2 Å². The third kappa shape index (κ3) is 5.09. The van der Waals surface area contributed by atoms with Crippen molar-refractivity contribution in [2.75, 3.05) is 25.6 Å². The Labute approximate surface area is 187 Å². The maximum Gasteiger partial charge on any atom is 0.325 e. The van der Waals surface area contributed by atoms with Crippen molar-refractivity contribution in [3.8, 4) is 5.75 Å². The minimum Gasteiger partial charge on any atom is -0.495 e. The molecule has 2 N–H and O–H groups in total. The Morgan fingerprint density at radius 3 is 2.56 bits per heavy atom. The lowest BCUT2D eigenvalue weighted by Gasteiger charge is -2.22. The van der Waals surface area contributed by atoms with Gasteiger partial charge in [-0.05, 0) is 49.2 Å². The van der Waals surface area contributed by atoms with E-state index in [-0.39, 0.29) is 17.9 Å². The second-order valence-electron chi connectivity index (χ2n) is 7.58. The number of methoxy groups -OCH3 is 1. The molecule has 32 heavy (non-hydrogen) atoms. The zero-order chi connectivity index (χ0) is 23.5. The van der Waals surface area contributed by atoms with Crippen molar-refractivity contribution in [1.29, 1.82) is 0 Å². The van der Waals surface area contributed by atoms with Crippen LogP contribution in [0.3, 0.4) is 0 Å². The van der Waals surface area contributed by atoms with Crippen LogP contribution in [-0.4, -0.2) is 62.1 Å². The zero-order valence-electron chi connectivity index (χ0n) is 18.1. The summed E-state index contributed by atoms with van der Waals surface area (Å²) < 4.78 is 37.4. The number of rotatable bonds is 7. The van der Waals surface area contributed by atoms with Gasteiger partial charge in [-0.15, -0.1) is 0 Å². The number of anilines is 1. The fourth-order valence-corrected chi connectivity index (χ4v) is 5.15. The third-order valence-electron chi connectivity index (χ3n) is 5.32. The number of para-hydroxylation sites is 2. The number of nitrogens with one attached hydrogen (secondary N) is 1. The van der Waals surface area contributed by atoms with Crippen molar-refractivity contribution in [2.24, 2.45) is 0 Å². The van der Waals surface area contributed by atoms with Gasteiger partial charge in [0, 0.05) is 13.0 Å². The van der Waals surface area contributed by atoms with Crippen LogP contribution >= 0.6 is 0 Å². The molecule has 3 rings (SSSR count). The highest BCUT2D eigenvalue weighted by molar-refractivity contribution is 7.89. The topological polar surface area (TPSA) is 122 Å². The fourth-order valence-electron chi connectivity index (χ4n) is 3.44. The molecule has 2 aromatic carbocycles. The Balaban J connectivity index is 1.69. The molecule has 1 aliphatic rings. The molecule has 1 amide bonds. The average molecular weight is 463 g/mol. The van der Waals surface area contributed by atoms with Crippen molar-refractivity contribution >= 4 is 27.6 Å². The van der Waals surface area contributed by atoms with Crippen molar-refractivity contribution in [1.82, 2.24) is 4.31 Å². The first kappa shape index (κ1) is 23.7. The van der Waals surface area contributed by atoms with Gasteiger partial charge in [0.15, 0.2) is 6.61 Å². The Morgan fingerprint density at radius 2 is 1.88 bits per heavy atom. The van der Waals surface area contributed by atoms with Gasteiger partial charge in [-0.2, -0.15) is 4.31 Å². The molecular weight excluding hydrogens is 436 g/mol. The van der Waals surface area contributed by atoms with Crippen molar-refractivity contribution in [2.45, 2.75) is 37.3 Å². The van der Waals surface area contributed by atoms with Crippen LogP contribution in [0, 0.1) is 13.8 Å². The maximum absolute atomic E-state index is 13.1. The van der Waals surface area contributed by atoms with Gasteiger partial charge < -0.3 is 19.9 Å². The first-order valence-corrected chi connectivity index (χ1v) is 11.4. The van der Waals surface area contributed by atoms with E-state index in [0.29, 0.717) is 11.4 Å². The minimum atomic E-state index is -4.05. The summed E-state index contributed by atoms with van der Waals surface area (Å²) in [6.07, 6.45) is -1.13. The molecule has 2 aromatic rings. The maximum atomic E-state index is 13.1. The van der Waals surface area contributed by atoms with E-state index in [9.17, 15) is 23.1 Å². The number of nitrogens with zero attached hydrogens (tertiary/aromatic N) is 1. The fraction of sp³-hybridized carbons (Fsp3) is 0.364. The quantitative estimate of drug-likeness (QED) is 0.600. The first-order valence-electron chi connectivity index (χ1n) is 10.00. The van der Waals surface area contributed by atoms with E-state index in [0.717, 1.165) is 15.4 Å². The third-order valence-corrected chi connectivity index (χ3v) is 7.19. The van der Waals surface area contributed by atoms with Crippen LogP contribution in [0.4, 0.5) is 5.69 Å². The van der Waals surface area contributed by atoms with Crippen LogP contribution in [0.25, 0.3) is 0 Å². The molecule has 1 unspecified atom stereocenters. The number of amides is 1. The van der Waals surface area contributed by atoms with Gasteiger partial charge in [0.2, 0.25) is 10.0 Å². The van der Waals surface area contributed by atoms with E-state index in [2.05, 4.69) is 5.32 Å². The molecule has 0 saturated carbocycles. The summed E-state index contributed by atoms with van der Waals surface area (Å²) in [7, 11) is -2.59. The summed E-state index contributed by atoms with van der Waals surface area (Å²) in [5.41, 5.74) is 2.13. The average Bonchev–Trinajstić information content (AvgIpc) is 3.17. The van der Waals surface area contributed by atoms with Crippen LogP contribution in [-0.2, 0) is 24.3 Å². The SMILES string of the molecule is COc1ccccc1NC(=O)COC(=O)[C@@H]1CC(O)CN1S(=O)(=O)c1ccc(C)c(C)c1. The number of aliphatic hydroxyl groups excluding tert-OH is 1. The van der Waals surface area contributed by atoms with Gasteiger partial charge in [0.05, 0.1) is 23.8 Å². The summed E-state index contributed by atoms with van der Waals surface area (Å²) in [6.45, 7) is 2.81. The molecule has 0 spiro atoms. The molecule has 172 valence electrons. The number of sulfonamides is 1. The molecule has 1 aliphatic heterocycles. The van der Waals surface area contributed by atoms with E-state index < -0.39 is 40.7 Å². The van der Waals surface area contributed by atoms with Gasteiger partial charge in [0.25, 0.3) is 5.91 Å². The standard InChI is InChI=1S/C22H26N2O7S/c1-14-8-9-17(10-15(14)2)32(28,29)24-12-16(25)11-19(24)22(27)31-13-21(26)23-18-6-4-5-7-20(18)30-3/h4-10,16,19,25H,11-13H2,1-3H3,(H,23,26)/t16?,19-/m0/s1. The molecule has 0 radical (unpaired) electrons. The number of β-amino-alcohol motifs (C(OH)–C–C–N with tert-alkyl or cyclic N) is 1. The predicted molar refractivity (Wildman–Crippen MR) is 117 cm³/mol. The number of ether oxygens (including phenoxy) is 2. The number of aliphatic hydroxyl groups is 1. The number of carbonyl (C=O) groups excluding carboxylic acids is 2.